The Hall–Kier alpha value is 0.110. The predicted molar refractivity (Wildman–Crippen MR) is 84.0 cm³/mol. The van der Waals surface area contributed by atoms with Crippen LogP contribution in [0.5, 0.6) is 0 Å². The fourth-order valence-electron chi connectivity index (χ4n) is 2.02. The molecule has 5 heteroatoms. The van der Waals surface area contributed by atoms with Gasteiger partial charge in [-0.2, -0.15) is 0 Å². The molecule has 0 saturated heterocycles. The Labute approximate surface area is 125 Å². The summed E-state index contributed by atoms with van der Waals surface area (Å²) in [6.45, 7) is 6.95. The zero-order chi connectivity index (χ0) is 15.1. The van der Waals surface area contributed by atoms with Gasteiger partial charge in [0, 0.05) is 0 Å². The van der Waals surface area contributed by atoms with Crippen LogP contribution < -0.4 is 0 Å². The molecule has 0 heterocycles. The van der Waals surface area contributed by atoms with Gasteiger partial charge in [-0.25, -0.2) is 4.57 Å². The van der Waals surface area contributed by atoms with E-state index in [0.717, 1.165) is 12.8 Å². The topological polar surface area (TPSA) is 44.8 Å². The van der Waals surface area contributed by atoms with E-state index in [2.05, 4.69) is 6.92 Å². The summed E-state index contributed by atoms with van der Waals surface area (Å²) in [6, 6.07) is 0. The van der Waals surface area contributed by atoms with Gasteiger partial charge in [0.1, 0.15) is 0 Å². The van der Waals surface area contributed by atoms with E-state index in [1.54, 1.807) is 13.8 Å². The van der Waals surface area contributed by atoms with Crippen LogP contribution in [0.2, 0.25) is 0 Å². The molecular formula is C15H33O4P. The molecule has 0 aliphatic carbocycles. The highest BCUT2D eigenvalue weighted by molar-refractivity contribution is 7.48. The monoisotopic (exact) mass is 308 g/mol. The minimum Gasteiger partial charge on any atom is -0.287 e. The van der Waals surface area contributed by atoms with Crippen molar-refractivity contribution in [1.29, 1.82) is 0 Å². The summed E-state index contributed by atoms with van der Waals surface area (Å²) in [4.78, 5) is 0. The summed E-state index contributed by atoms with van der Waals surface area (Å²) < 4.78 is 27.4. The van der Waals surface area contributed by atoms with Crippen molar-refractivity contribution in [3.63, 3.8) is 0 Å². The van der Waals surface area contributed by atoms with Crippen LogP contribution in [0, 0.1) is 0 Å². The van der Waals surface area contributed by atoms with Crippen LogP contribution in [0.1, 0.15) is 78.6 Å². The van der Waals surface area contributed by atoms with E-state index in [9.17, 15) is 4.57 Å². The Morgan fingerprint density at radius 1 is 0.650 bits per heavy atom. The lowest BCUT2D eigenvalue weighted by Crippen LogP contribution is -2.01. The van der Waals surface area contributed by atoms with Gasteiger partial charge in [-0.05, 0) is 20.3 Å². The van der Waals surface area contributed by atoms with Gasteiger partial charge in [-0.1, -0.05) is 58.3 Å². The highest BCUT2D eigenvalue weighted by Gasteiger charge is 2.24. The molecule has 0 spiro atoms. The molecule has 0 radical (unpaired) electrons. The highest BCUT2D eigenvalue weighted by atomic mass is 31.2. The molecule has 0 saturated carbocycles. The summed E-state index contributed by atoms with van der Waals surface area (Å²) in [5, 5.41) is 0. The molecule has 0 N–H and O–H groups in total. The lowest BCUT2D eigenvalue weighted by atomic mass is 10.1. The van der Waals surface area contributed by atoms with Crippen LogP contribution in [0.3, 0.4) is 0 Å². The molecule has 0 bridgehead atoms. The lowest BCUT2D eigenvalue weighted by Gasteiger charge is -2.16. The zero-order valence-corrected chi connectivity index (χ0v) is 14.5. The van der Waals surface area contributed by atoms with E-state index in [-0.39, 0.29) is 0 Å². The van der Waals surface area contributed by atoms with Crippen LogP contribution in [0.15, 0.2) is 0 Å². The number of phosphoric ester groups is 1. The van der Waals surface area contributed by atoms with Gasteiger partial charge in [0.05, 0.1) is 19.8 Å². The number of unbranched alkanes of at least 4 members (excludes halogenated alkanes) is 8. The molecule has 0 aliphatic rings. The minimum atomic E-state index is -3.29. The van der Waals surface area contributed by atoms with E-state index >= 15 is 0 Å². The average Bonchev–Trinajstić information content (AvgIpc) is 2.41. The second-order valence-corrected chi connectivity index (χ2v) is 6.61. The maximum absolute atomic E-state index is 12.0. The molecule has 0 amide bonds. The molecule has 0 rings (SSSR count). The minimum absolute atomic E-state index is 0.342. The molecule has 122 valence electrons. The van der Waals surface area contributed by atoms with Crippen LogP contribution >= 0.6 is 7.82 Å². The molecule has 0 aliphatic heterocycles. The molecule has 0 aromatic rings. The average molecular weight is 308 g/mol. The van der Waals surface area contributed by atoms with Crippen molar-refractivity contribution >= 4 is 7.82 Å². The van der Waals surface area contributed by atoms with Crippen LogP contribution in [0.25, 0.3) is 0 Å². The van der Waals surface area contributed by atoms with E-state index < -0.39 is 7.82 Å². The first-order valence-electron chi connectivity index (χ1n) is 8.22. The zero-order valence-electron chi connectivity index (χ0n) is 13.6. The Morgan fingerprint density at radius 2 is 1.10 bits per heavy atom. The molecule has 0 unspecified atom stereocenters. The number of phosphoric acid groups is 1. The third-order valence-corrected chi connectivity index (χ3v) is 4.72. The second-order valence-electron chi connectivity index (χ2n) is 4.94. The van der Waals surface area contributed by atoms with Crippen LogP contribution in [0.4, 0.5) is 0 Å². The van der Waals surface area contributed by atoms with Gasteiger partial charge in [0.2, 0.25) is 0 Å². The van der Waals surface area contributed by atoms with Gasteiger partial charge in [0.25, 0.3) is 0 Å². The van der Waals surface area contributed by atoms with Gasteiger partial charge >= 0.3 is 7.82 Å². The summed E-state index contributed by atoms with van der Waals surface area (Å²) in [7, 11) is -3.29. The first kappa shape index (κ1) is 20.1. The Morgan fingerprint density at radius 3 is 1.55 bits per heavy atom. The molecule has 0 fully saturated rings. The van der Waals surface area contributed by atoms with Crippen molar-refractivity contribution in [2.75, 3.05) is 19.8 Å². The van der Waals surface area contributed by atoms with Gasteiger partial charge in [-0.15, -0.1) is 0 Å². The number of rotatable bonds is 15. The van der Waals surface area contributed by atoms with E-state index in [1.807, 2.05) is 0 Å². The number of hydrogen-bond donors (Lipinski definition) is 0. The van der Waals surface area contributed by atoms with Crippen molar-refractivity contribution in [3.8, 4) is 0 Å². The standard InChI is InChI=1S/C15H33O4P/c1-4-7-8-9-10-11-12-13-14-15-19-20(16,17-5-2)18-6-3/h4-15H2,1-3H3. The maximum atomic E-state index is 12.0. The summed E-state index contributed by atoms with van der Waals surface area (Å²) >= 11 is 0. The van der Waals surface area contributed by atoms with Crippen molar-refractivity contribution in [3.05, 3.63) is 0 Å². The molecule has 0 atom stereocenters. The third-order valence-electron chi connectivity index (χ3n) is 3.07. The van der Waals surface area contributed by atoms with E-state index in [4.69, 9.17) is 13.6 Å². The first-order chi connectivity index (χ1) is 9.68. The van der Waals surface area contributed by atoms with Gasteiger partial charge in [-0.3, -0.25) is 13.6 Å². The Balaban J connectivity index is 3.43. The normalized spacial score (nSPS) is 11.9. The van der Waals surface area contributed by atoms with Crippen molar-refractivity contribution in [2.45, 2.75) is 78.6 Å². The molecular weight excluding hydrogens is 275 g/mol. The highest BCUT2D eigenvalue weighted by Crippen LogP contribution is 2.49. The number of hydrogen-bond acceptors (Lipinski definition) is 4. The predicted octanol–water partition coefficient (Wildman–Crippen LogP) is 5.71. The van der Waals surface area contributed by atoms with E-state index in [0.29, 0.717) is 19.8 Å². The van der Waals surface area contributed by atoms with Crippen molar-refractivity contribution < 1.29 is 18.1 Å². The van der Waals surface area contributed by atoms with Crippen LogP contribution in [-0.2, 0) is 18.1 Å². The first-order valence-corrected chi connectivity index (χ1v) is 9.68. The summed E-state index contributed by atoms with van der Waals surface area (Å²) in [5.74, 6) is 0. The molecule has 0 aromatic heterocycles. The van der Waals surface area contributed by atoms with E-state index in [1.165, 1.54) is 44.9 Å². The molecule has 0 aromatic carbocycles. The SMILES string of the molecule is CCCCCCCCCCCOP(=O)(OCC)OCC. The molecule has 20 heavy (non-hydrogen) atoms. The van der Waals surface area contributed by atoms with Gasteiger partial charge < -0.3 is 0 Å². The fraction of sp³-hybridized carbons (Fsp3) is 1.00. The van der Waals surface area contributed by atoms with Gasteiger partial charge in [0.15, 0.2) is 0 Å². The van der Waals surface area contributed by atoms with Crippen LogP contribution in [-0.4, -0.2) is 19.8 Å². The maximum Gasteiger partial charge on any atom is 0.474 e. The van der Waals surface area contributed by atoms with Crippen molar-refractivity contribution in [2.24, 2.45) is 0 Å². The summed E-state index contributed by atoms with van der Waals surface area (Å²) in [5.41, 5.74) is 0. The third kappa shape index (κ3) is 11.9. The fourth-order valence-corrected chi connectivity index (χ4v) is 3.23. The second kappa shape index (κ2) is 14.1. The smallest absolute Gasteiger partial charge is 0.287 e. The summed E-state index contributed by atoms with van der Waals surface area (Å²) in [6.07, 6.45) is 11.3. The quantitative estimate of drug-likeness (QED) is 0.287. The Bertz CT molecular complexity index is 236. The Kier molecular flexibility index (Phi) is 14.1. The van der Waals surface area contributed by atoms with Crippen molar-refractivity contribution in [1.82, 2.24) is 0 Å². The largest absolute Gasteiger partial charge is 0.474 e. The lowest BCUT2D eigenvalue weighted by molar-refractivity contribution is 0.120. The molecule has 4 nitrogen and oxygen atoms in total.